The molecule has 0 bridgehead atoms. The van der Waals surface area contributed by atoms with Crippen molar-refractivity contribution in [2.24, 2.45) is 0 Å². The Balaban J connectivity index is 3.99. The normalized spacial score (nSPS) is 12.1. The molecule has 1 unspecified atom stereocenters. The lowest BCUT2D eigenvalue weighted by Gasteiger charge is -2.16. The van der Waals surface area contributed by atoms with E-state index in [1.165, 1.54) is 51.4 Å². The van der Waals surface area contributed by atoms with Crippen LogP contribution in [0.4, 0.5) is 0 Å². The van der Waals surface area contributed by atoms with Crippen LogP contribution in [0.2, 0.25) is 0 Å². The van der Waals surface area contributed by atoms with Crippen molar-refractivity contribution in [1.29, 1.82) is 0 Å². The number of carbonyl (C=O) groups is 2. The molecule has 25 heavy (non-hydrogen) atoms. The van der Waals surface area contributed by atoms with E-state index < -0.39 is 0 Å². The molecule has 148 valence electrons. The Bertz CT molecular complexity index is 308. The van der Waals surface area contributed by atoms with Crippen LogP contribution in [0.3, 0.4) is 0 Å². The van der Waals surface area contributed by atoms with Crippen LogP contribution < -0.4 is 0 Å². The van der Waals surface area contributed by atoms with Crippen molar-refractivity contribution in [3.05, 3.63) is 0 Å². The van der Waals surface area contributed by atoms with Crippen molar-refractivity contribution in [3.63, 3.8) is 0 Å². The first-order valence-electron chi connectivity index (χ1n) is 10.5. The molecule has 0 aliphatic rings. The Morgan fingerprint density at radius 2 is 1.52 bits per heavy atom. The summed E-state index contributed by atoms with van der Waals surface area (Å²) in [5, 5.41) is 0.0120. The van der Waals surface area contributed by atoms with Crippen LogP contribution in [0.5, 0.6) is 0 Å². The number of hydrogen-bond donors (Lipinski definition) is 0. The van der Waals surface area contributed by atoms with E-state index in [-0.39, 0.29) is 11.2 Å². The van der Waals surface area contributed by atoms with E-state index in [9.17, 15) is 9.59 Å². The highest BCUT2D eigenvalue weighted by Crippen LogP contribution is 2.22. The van der Waals surface area contributed by atoms with Crippen LogP contribution in [-0.2, 0) is 14.3 Å². The van der Waals surface area contributed by atoms with Crippen molar-refractivity contribution in [2.75, 3.05) is 12.4 Å². The van der Waals surface area contributed by atoms with Crippen molar-refractivity contribution in [1.82, 2.24) is 0 Å². The molecule has 0 saturated heterocycles. The molecule has 0 spiro atoms. The molecule has 0 aromatic heterocycles. The fraction of sp³-hybridized carbons (Fsp3) is 0.905. The predicted octanol–water partition coefficient (Wildman–Crippen LogP) is 6.33. The lowest BCUT2D eigenvalue weighted by molar-refractivity contribution is -0.143. The van der Waals surface area contributed by atoms with Crippen LogP contribution in [-0.4, -0.2) is 29.9 Å². The highest BCUT2D eigenvalue weighted by Gasteiger charge is 2.19. The molecule has 0 rings (SSSR count). The first-order valence-corrected chi connectivity index (χ1v) is 11.5. The van der Waals surface area contributed by atoms with Crippen molar-refractivity contribution in [3.8, 4) is 0 Å². The number of thioether (sulfide) groups is 1. The average molecular weight is 373 g/mol. The third-order valence-corrected chi connectivity index (χ3v) is 5.72. The van der Waals surface area contributed by atoms with Gasteiger partial charge in [-0.2, -0.15) is 0 Å². The molecule has 0 aromatic carbocycles. The summed E-state index contributed by atoms with van der Waals surface area (Å²) in [5.41, 5.74) is 0. The van der Waals surface area contributed by atoms with Crippen LogP contribution in [0.15, 0.2) is 0 Å². The van der Waals surface area contributed by atoms with Gasteiger partial charge in [0, 0.05) is 6.42 Å². The largest absolute Gasteiger partial charge is 0.465 e. The van der Waals surface area contributed by atoms with Crippen molar-refractivity contribution >= 4 is 24.0 Å². The molecule has 0 radical (unpaired) electrons. The molecular formula is C21H40O3S. The van der Waals surface area contributed by atoms with Gasteiger partial charge >= 0.3 is 5.97 Å². The van der Waals surface area contributed by atoms with Gasteiger partial charge < -0.3 is 9.53 Å². The fourth-order valence-electron chi connectivity index (χ4n) is 2.73. The van der Waals surface area contributed by atoms with Gasteiger partial charge in [0.05, 0.1) is 6.61 Å². The van der Waals surface area contributed by atoms with Crippen molar-refractivity contribution < 1.29 is 14.3 Å². The third kappa shape index (κ3) is 16.7. The Morgan fingerprint density at radius 3 is 2.24 bits per heavy atom. The highest BCUT2D eigenvalue weighted by atomic mass is 32.2. The van der Waals surface area contributed by atoms with Gasteiger partial charge in [0.1, 0.15) is 11.5 Å². The first kappa shape index (κ1) is 24.5. The third-order valence-electron chi connectivity index (χ3n) is 4.36. The van der Waals surface area contributed by atoms with E-state index in [2.05, 4.69) is 13.8 Å². The number of carbonyl (C=O) groups excluding carboxylic acids is 2. The van der Waals surface area contributed by atoms with E-state index in [1.807, 2.05) is 0 Å². The molecular weight excluding hydrogens is 332 g/mol. The number of hydrogen-bond acceptors (Lipinski definition) is 4. The zero-order chi connectivity index (χ0) is 18.6. The van der Waals surface area contributed by atoms with Crippen LogP contribution >= 0.6 is 11.8 Å². The standard InChI is InChI=1S/C21H40O3S/c1-3-5-7-8-9-12-16-20(25-19-15-6-4-2)21(23)24-18-14-11-10-13-17-22/h17,20H,3-16,18-19H2,1-2H3. The molecule has 1 atom stereocenters. The van der Waals surface area contributed by atoms with E-state index in [4.69, 9.17) is 4.74 Å². The maximum atomic E-state index is 12.4. The Morgan fingerprint density at radius 1 is 0.880 bits per heavy atom. The smallest absolute Gasteiger partial charge is 0.319 e. The molecule has 0 aliphatic heterocycles. The second kappa shape index (κ2) is 19.8. The summed E-state index contributed by atoms with van der Waals surface area (Å²) in [6.45, 7) is 4.94. The monoisotopic (exact) mass is 372 g/mol. The fourth-order valence-corrected chi connectivity index (χ4v) is 3.92. The number of esters is 1. The van der Waals surface area contributed by atoms with E-state index in [0.29, 0.717) is 13.0 Å². The summed E-state index contributed by atoms with van der Waals surface area (Å²) < 4.78 is 5.49. The minimum Gasteiger partial charge on any atom is -0.465 e. The topological polar surface area (TPSA) is 43.4 Å². The number of aldehydes is 1. The van der Waals surface area contributed by atoms with Gasteiger partial charge in [-0.25, -0.2) is 0 Å². The number of unbranched alkanes of at least 4 members (excludes halogenated alkanes) is 10. The van der Waals surface area contributed by atoms with Gasteiger partial charge in [0.15, 0.2) is 0 Å². The van der Waals surface area contributed by atoms with Crippen LogP contribution in [0, 0.1) is 0 Å². The van der Waals surface area contributed by atoms with Gasteiger partial charge in [-0.15, -0.1) is 11.8 Å². The maximum absolute atomic E-state index is 12.4. The molecule has 0 aliphatic carbocycles. The quantitative estimate of drug-likeness (QED) is 0.151. The first-order chi connectivity index (χ1) is 12.3. The lowest BCUT2D eigenvalue weighted by Crippen LogP contribution is -2.21. The average Bonchev–Trinajstić information content (AvgIpc) is 2.62. The second-order valence-corrected chi connectivity index (χ2v) is 8.12. The van der Waals surface area contributed by atoms with Crippen LogP contribution in [0.1, 0.15) is 104 Å². The Kier molecular flexibility index (Phi) is 19.4. The van der Waals surface area contributed by atoms with Gasteiger partial charge in [-0.1, -0.05) is 65.2 Å². The van der Waals surface area contributed by atoms with E-state index in [1.54, 1.807) is 11.8 Å². The molecule has 0 aromatic rings. The summed E-state index contributed by atoms with van der Waals surface area (Å²) in [6.07, 6.45) is 16.4. The Hall–Kier alpha value is -0.510. The second-order valence-electron chi connectivity index (χ2n) is 6.81. The summed E-state index contributed by atoms with van der Waals surface area (Å²) in [5.74, 6) is 1.04. The minimum atomic E-state index is -0.0227. The lowest BCUT2D eigenvalue weighted by atomic mass is 10.1. The summed E-state index contributed by atoms with van der Waals surface area (Å²) in [6, 6.07) is 0. The Labute approximate surface area is 160 Å². The molecule has 0 fully saturated rings. The van der Waals surface area contributed by atoms with Gasteiger partial charge in [-0.3, -0.25) is 4.79 Å². The number of rotatable bonds is 19. The minimum absolute atomic E-state index is 0.0120. The van der Waals surface area contributed by atoms with E-state index in [0.717, 1.165) is 44.1 Å². The number of ether oxygens (including phenoxy) is 1. The van der Waals surface area contributed by atoms with Gasteiger partial charge in [-0.05, 0) is 37.9 Å². The summed E-state index contributed by atoms with van der Waals surface area (Å²) in [7, 11) is 0. The van der Waals surface area contributed by atoms with Gasteiger partial charge in [0.25, 0.3) is 0 Å². The molecule has 0 N–H and O–H groups in total. The van der Waals surface area contributed by atoms with Crippen LogP contribution in [0.25, 0.3) is 0 Å². The summed E-state index contributed by atoms with van der Waals surface area (Å²) >= 11 is 1.79. The zero-order valence-electron chi connectivity index (χ0n) is 16.6. The predicted molar refractivity (Wildman–Crippen MR) is 109 cm³/mol. The summed E-state index contributed by atoms with van der Waals surface area (Å²) in [4.78, 5) is 22.6. The zero-order valence-corrected chi connectivity index (χ0v) is 17.4. The van der Waals surface area contributed by atoms with Gasteiger partial charge in [0.2, 0.25) is 0 Å². The molecule has 3 nitrogen and oxygen atoms in total. The molecule has 0 heterocycles. The molecule has 0 amide bonds. The highest BCUT2D eigenvalue weighted by molar-refractivity contribution is 8.00. The van der Waals surface area contributed by atoms with Crippen molar-refractivity contribution in [2.45, 2.75) is 109 Å². The SMILES string of the molecule is CCCCCCCCC(SCCCCC)C(=O)OCCCCCC=O. The molecule has 4 heteroatoms. The van der Waals surface area contributed by atoms with E-state index >= 15 is 0 Å². The maximum Gasteiger partial charge on any atom is 0.319 e. The molecule has 0 saturated carbocycles.